The van der Waals surface area contributed by atoms with E-state index >= 15 is 0 Å². The Morgan fingerprint density at radius 3 is 1.67 bits per heavy atom. The smallest absolute Gasteiger partial charge is 0.529 e. The standard InChI is InChI=1S/C16H19BO4/c1-18-11-13-5-3-7-15(9-13)20-17-21-16-8-4-6-14(10-16)12-19-2/h3-10,17H,11-12H2,1-2H3. The molecule has 110 valence electrons. The van der Waals surface area contributed by atoms with Crippen molar-refractivity contribution >= 4 is 7.69 Å². The molecule has 0 aliphatic rings. The molecular weight excluding hydrogens is 267 g/mol. The fourth-order valence-electron chi connectivity index (χ4n) is 1.95. The van der Waals surface area contributed by atoms with Gasteiger partial charge in [-0.1, -0.05) is 24.3 Å². The van der Waals surface area contributed by atoms with Crippen LogP contribution in [0.2, 0.25) is 0 Å². The van der Waals surface area contributed by atoms with Crippen LogP contribution < -0.4 is 9.31 Å². The van der Waals surface area contributed by atoms with Crippen LogP contribution in [0.4, 0.5) is 0 Å². The van der Waals surface area contributed by atoms with E-state index < -0.39 is 0 Å². The Morgan fingerprint density at radius 1 is 0.762 bits per heavy atom. The first-order valence-corrected chi connectivity index (χ1v) is 6.73. The Balaban J connectivity index is 1.86. The largest absolute Gasteiger partial charge is 0.576 e. The van der Waals surface area contributed by atoms with E-state index in [1.54, 1.807) is 14.2 Å². The van der Waals surface area contributed by atoms with E-state index in [1.807, 2.05) is 48.5 Å². The molecular formula is C16H19BO4. The van der Waals surface area contributed by atoms with Gasteiger partial charge in [-0.2, -0.15) is 0 Å². The van der Waals surface area contributed by atoms with E-state index in [9.17, 15) is 0 Å². The molecule has 4 nitrogen and oxygen atoms in total. The summed E-state index contributed by atoms with van der Waals surface area (Å²) in [6, 6.07) is 15.5. The maximum Gasteiger partial charge on any atom is 0.576 e. The van der Waals surface area contributed by atoms with Crippen LogP contribution in [0.15, 0.2) is 48.5 Å². The summed E-state index contributed by atoms with van der Waals surface area (Å²) >= 11 is 0. The average Bonchev–Trinajstić information content (AvgIpc) is 2.49. The number of hydrogen-bond donors (Lipinski definition) is 0. The third-order valence-electron chi connectivity index (χ3n) is 2.87. The topological polar surface area (TPSA) is 36.9 Å². The molecule has 0 N–H and O–H groups in total. The molecule has 2 aromatic rings. The van der Waals surface area contributed by atoms with Gasteiger partial charge in [0, 0.05) is 14.2 Å². The molecule has 2 rings (SSSR count). The highest BCUT2D eigenvalue weighted by Crippen LogP contribution is 2.16. The molecule has 0 aliphatic carbocycles. The lowest BCUT2D eigenvalue weighted by Crippen LogP contribution is -2.11. The number of benzene rings is 2. The lowest BCUT2D eigenvalue weighted by atomic mass is 10.2. The van der Waals surface area contributed by atoms with E-state index in [0.717, 1.165) is 22.6 Å². The molecule has 0 fully saturated rings. The summed E-state index contributed by atoms with van der Waals surface area (Å²) < 4.78 is 21.4. The molecule has 0 spiro atoms. The van der Waals surface area contributed by atoms with Crippen LogP contribution in [-0.2, 0) is 22.7 Å². The third kappa shape index (κ3) is 5.13. The molecule has 0 heterocycles. The summed E-state index contributed by atoms with van der Waals surface area (Å²) in [5.74, 6) is 1.52. The molecule has 0 aromatic heterocycles. The van der Waals surface area contributed by atoms with Gasteiger partial charge in [0.15, 0.2) is 0 Å². The second-order valence-electron chi connectivity index (χ2n) is 4.57. The normalized spacial score (nSPS) is 10.2. The minimum Gasteiger partial charge on any atom is -0.529 e. The lowest BCUT2D eigenvalue weighted by molar-refractivity contribution is 0.184. The number of methoxy groups -OCH3 is 2. The van der Waals surface area contributed by atoms with Crippen molar-refractivity contribution in [2.24, 2.45) is 0 Å². The lowest BCUT2D eigenvalue weighted by Gasteiger charge is -2.09. The van der Waals surface area contributed by atoms with Crippen molar-refractivity contribution in [3.05, 3.63) is 59.7 Å². The molecule has 0 atom stereocenters. The van der Waals surface area contributed by atoms with E-state index in [4.69, 9.17) is 18.8 Å². The van der Waals surface area contributed by atoms with E-state index in [1.165, 1.54) is 0 Å². The minimum atomic E-state index is 0.160. The number of hydrogen-bond acceptors (Lipinski definition) is 4. The Morgan fingerprint density at radius 2 is 1.24 bits per heavy atom. The van der Waals surface area contributed by atoms with Gasteiger partial charge in [0.1, 0.15) is 11.5 Å². The summed E-state index contributed by atoms with van der Waals surface area (Å²) in [6.45, 7) is 1.13. The molecule has 0 radical (unpaired) electrons. The monoisotopic (exact) mass is 286 g/mol. The first kappa shape index (κ1) is 15.4. The molecule has 21 heavy (non-hydrogen) atoms. The summed E-state index contributed by atoms with van der Waals surface area (Å²) in [5, 5.41) is 0. The molecule has 0 bridgehead atoms. The Bertz CT molecular complexity index is 510. The highest BCUT2D eigenvalue weighted by molar-refractivity contribution is 6.20. The van der Waals surface area contributed by atoms with Crippen LogP contribution in [0, 0.1) is 0 Å². The molecule has 0 amide bonds. The quantitative estimate of drug-likeness (QED) is 0.699. The van der Waals surface area contributed by atoms with Crippen molar-refractivity contribution in [3.63, 3.8) is 0 Å². The van der Waals surface area contributed by atoms with Crippen LogP contribution >= 0.6 is 0 Å². The van der Waals surface area contributed by atoms with Gasteiger partial charge in [-0.25, -0.2) is 0 Å². The fourth-order valence-corrected chi connectivity index (χ4v) is 1.95. The van der Waals surface area contributed by atoms with E-state index in [0.29, 0.717) is 13.2 Å². The van der Waals surface area contributed by atoms with E-state index in [2.05, 4.69) is 0 Å². The van der Waals surface area contributed by atoms with Crippen LogP contribution in [0.25, 0.3) is 0 Å². The summed E-state index contributed by atoms with van der Waals surface area (Å²) in [5.41, 5.74) is 2.13. The molecule has 0 aliphatic heterocycles. The summed E-state index contributed by atoms with van der Waals surface area (Å²) in [7, 11) is 3.50. The Kier molecular flexibility index (Phi) is 6.12. The molecule has 2 aromatic carbocycles. The average molecular weight is 286 g/mol. The first-order chi connectivity index (χ1) is 10.3. The van der Waals surface area contributed by atoms with Gasteiger partial charge in [-0.3, -0.25) is 0 Å². The predicted octanol–water partition coefficient (Wildman–Crippen LogP) is 2.70. The van der Waals surface area contributed by atoms with Gasteiger partial charge in [-0.15, -0.1) is 0 Å². The van der Waals surface area contributed by atoms with Crippen molar-refractivity contribution in [2.45, 2.75) is 13.2 Å². The zero-order chi connectivity index (χ0) is 14.9. The fraction of sp³-hybridized carbons (Fsp3) is 0.250. The molecule has 5 heteroatoms. The minimum absolute atomic E-state index is 0.160. The van der Waals surface area contributed by atoms with Crippen LogP contribution in [-0.4, -0.2) is 21.9 Å². The zero-order valence-electron chi connectivity index (χ0n) is 12.4. The van der Waals surface area contributed by atoms with Gasteiger partial charge < -0.3 is 18.8 Å². The van der Waals surface area contributed by atoms with Gasteiger partial charge in [0.2, 0.25) is 0 Å². The van der Waals surface area contributed by atoms with Gasteiger partial charge in [0.05, 0.1) is 13.2 Å². The second kappa shape index (κ2) is 8.34. The van der Waals surface area contributed by atoms with Crippen molar-refractivity contribution in [1.82, 2.24) is 0 Å². The number of ether oxygens (including phenoxy) is 2. The molecule has 0 saturated heterocycles. The maximum atomic E-state index is 5.59. The first-order valence-electron chi connectivity index (χ1n) is 6.73. The van der Waals surface area contributed by atoms with Gasteiger partial charge in [-0.05, 0) is 35.4 Å². The Hall–Kier alpha value is -1.98. The zero-order valence-corrected chi connectivity index (χ0v) is 12.4. The highest BCUT2D eigenvalue weighted by Gasteiger charge is 2.02. The van der Waals surface area contributed by atoms with Crippen LogP contribution in [0.3, 0.4) is 0 Å². The number of rotatable bonds is 8. The summed E-state index contributed by atoms with van der Waals surface area (Å²) in [4.78, 5) is 0. The van der Waals surface area contributed by atoms with Crippen molar-refractivity contribution < 1.29 is 18.8 Å². The van der Waals surface area contributed by atoms with Crippen molar-refractivity contribution in [1.29, 1.82) is 0 Å². The van der Waals surface area contributed by atoms with Crippen LogP contribution in [0.5, 0.6) is 11.5 Å². The van der Waals surface area contributed by atoms with E-state index in [-0.39, 0.29) is 7.69 Å². The van der Waals surface area contributed by atoms with Crippen LogP contribution in [0.1, 0.15) is 11.1 Å². The Labute approximate surface area is 125 Å². The summed E-state index contributed by atoms with van der Waals surface area (Å²) in [6.07, 6.45) is 0. The highest BCUT2D eigenvalue weighted by atomic mass is 16.6. The molecule has 0 saturated carbocycles. The van der Waals surface area contributed by atoms with Crippen molar-refractivity contribution in [3.8, 4) is 11.5 Å². The third-order valence-corrected chi connectivity index (χ3v) is 2.87. The molecule has 0 unspecified atom stereocenters. The maximum absolute atomic E-state index is 5.59. The van der Waals surface area contributed by atoms with Gasteiger partial charge in [0.25, 0.3) is 0 Å². The SMILES string of the molecule is COCc1cccc(OBOc2cccc(COC)c2)c1. The van der Waals surface area contributed by atoms with Crippen molar-refractivity contribution in [2.75, 3.05) is 14.2 Å². The second-order valence-corrected chi connectivity index (χ2v) is 4.57. The van der Waals surface area contributed by atoms with Gasteiger partial charge >= 0.3 is 7.69 Å². The predicted molar refractivity (Wildman–Crippen MR) is 82.7 cm³/mol.